The van der Waals surface area contributed by atoms with E-state index in [1.165, 1.54) is 12.8 Å². The number of nitriles is 1. The number of hydrogen-bond donors (Lipinski definition) is 0. The summed E-state index contributed by atoms with van der Waals surface area (Å²) >= 11 is 7.32. The summed E-state index contributed by atoms with van der Waals surface area (Å²) in [5.74, 6) is 1.89. The zero-order valence-corrected chi connectivity index (χ0v) is 7.71. The Morgan fingerprint density at radius 1 is 1.70 bits per heavy atom. The summed E-state index contributed by atoms with van der Waals surface area (Å²) in [4.78, 5) is 0. The van der Waals surface area contributed by atoms with Crippen LogP contribution in [0.15, 0.2) is 0 Å². The second kappa shape index (κ2) is 7.24. The van der Waals surface area contributed by atoms with Crippen LogP contribution in [0.2, 0.25) is 0 Å². The molecule has 0 heterocycles. The first-order valence-corrected chi connectivity index (χ1v) is 5.01. The van der Waals surface area contributed by atoms with Crippen molar-refractivity contribution >= 4 is 23.4 Å². The molecule has 0 fully saturated rings. The monoisotopic (exact) mass is 177 g/mol. The van der Waals surface area contributed by atoms with Gasteiger partial charge in [-0.1, -0.05) is 13.3 Å². The van der Waals surface area contributed by atoms with Gasteiger partial charge in [-0.05, 0) is 12.2 Å². The summed E-state index contributed by atoms with van der Waals surface area (Å²) in [6.45, 7) is 2.16. The normalized spacial score (nSPS) is 12.5. The third-order valence-electron chi connectivity index (χ3n) is 1.05. The van der Waals surface area contributed by atoms with E-state index >= 15 is 0 Å². The first-order chi connectivity index (χ1) is 4.81. The van der Waals surface area contributed by atoms with Crippen LogP contribution in [-0.2, 0) is 0 Å². The van der Waals surface area contributed by atoms with Crippen LogP contribution in [-0.4, -0.2) is 16.9 Å². The van der Waals surface area contributed by atoms with Crippen LogP contribution in [0.5, 0.6) is 0 Å². The molecule has 1 nitrogen and oxygen atoms in total. The smallest absolute Gasteiger partial charge is 0.129 e. The van der Waals surface area contributed by atoms with Gasteiger partial charge in [-0.25, -0.2) is 0 Å². The highest BCUT2D eigenvalue weighted by molar-refractivity contribution is 7.99. The average molecular weight is 178 g/mol. The minimum atomic E-state index is -0.304. The van der Waals surface area contributed by atoms with Gasteiger partial charge in [0.1, 0.15) is 5.38 Å². The molecule has 0 aliphatic heterocycles. The molecule has 0 saturated carbocycles. The molecular formula is C7H12ClNS. The summed E-state index contributed by atoms with van der Waals surface area (Å²) in [6.07, 6.45) is 2.44. The standard InChI is InChI=1S/C7H12ClNS/c1-2-3-4-10-6-7(8)5-9/h7H,2-4,6H2,1H3. The molecule has 0 aliphatic carbocycles. The van der Waals surface area contributed by atoms with Crippen molar-refractivity contribution in [2.24, 2.45) is 0 Å². The molecule has 0 radical (unpaired) electrons. The zero-order valence-electron chi connectivity index (χ0n) is 6.14. The van der Waals surface area contributed by atoms with Crippen molar-refractivity contribution < 1.29 is 0 Å². The SMILES string of the molecule is CCCCSCC(Cl)C#N. The molecule has 0 amide bonds. The van der Waals surface area contributed by atoms with Gasteiger partial charge in [0, 0.05) is 5.75 Å². The Hall–Kier alpha value is 0.130. The quantitative estimate of drug-likeness (QED) is 0.476. The van der Waals surface area contributed by atoms with Crippen LogP contribution < -0.4 is 0 Å². The number of rotatable bonds is 5. The predicted molar refractivity (Wildman–Crippen MR) is 47.5 cm³/mol. The maximum absolute atomic E-state index is 8.30. The number of halogens is 1. The lowest BCUT2D eigenvalue weighted by molar-refractivity contribution is 0.896. The van der Waals surface area contributed by atoms with E-state index < -0.39 is 0 Å². The van der Waals surface area contributed by atoms with E-state index in [9.17, 15) is 0 Å². The molecule has 0 spiro atoms. The fourth-order valence-corrected chi connectivity index (χ4v) is 1.68. The van der Waals surface area contributed by atoms with Crippen molar-refractivity contribution in [3.05, 3.63) is 0 Å². The van der Waals surface area contributed by atoms with E-state index in [4.69, 9.17) is 16.9 Å². The fourth-order valence-electron chi connectivity index (χ4n) is 0.470. The van der Waals surface area contributed by atoms with Crippen molar-refractivity contribution in [1.82, 2.24) is 0 Å². The molecule has 0 saturated heterocycles. The molecule has 0 aromatic heterocycles. The van der Waals surface area contributed by atoms with Gasteiger partial charge in [0.15, 0.2) is 0 Å². The molecular weight excluding hydrogens is 166 g/mol. The average Bonchev–Trinajstić information content (AvgIpc) is 1.98. The molecule has 0 N–H and O–H groups in total. The molecule has 10 heavy (non-hydrogen) atoms. The summed E-state index contributed by atoms with van der Waals surface area (Å²) in [5, 5.41) is 7.99. The summed E-state index contributed by atoms with van der Waals surface area (Å²) in [6, 6.07) is 1.99. The van der Waals surface area contributed by atoms with Crippen molar-refractivity contribution in [3.8, 4) is 6.07 Å². The molecule has 3 heteroatoms. The van der Waals surface area contributed by atoms with Gasteiger partial charge in [-0.15, -0.1) is 11.6 Å². The Kier molecular flexibility index (Phi) is 7.33. The van der Waals surface area contributed by atoms with Crippen molar-refractivity contribution in [3.63, 3.8) is 0 Å². The molecule has 1 unspecified atom stereocenters. The lowest BCUT2D eigenvalue weighted by Crippen LogP contribution is -1.97. The highest BCUT2D eigenvalue weighted by Gasteiger charge is 1.99. The Bertz CT molecular complexity index is 111. The van der Waals surface area contributed by atoms with Crippen LogP contribution in [0, 0.1) is 11.3 Å². The van der Waals surface area contributed by atoms with E-state index in [0.29, 0.717) is 0 Å². The highest BCUT2D eigenvalue weighted by Crippen LogP contribution is 2.09. The van der Waals surface area contributed by atoms with Crippen molar-refractivity contribution in [2.45, 2.75) is 25.1 Å². The largest absolute Gasteiger partial charge is 0.197 e. The summed E-state index contributed by atoms with van der Waals surface area (Å²) < 4.78 is 0. The van der Waals surface area contributed by atoms with E-state index in [0.717, 1.165) is 11.5 Å². The zero-order chi connectivity index (χ0) is 7.82. The Morgan fingerprint density at radius 2 is 2.40 bits per heavy atom. The molecule has 0 rings (SSSR count). The van der Waals surface area contributed by atoms with Gasteiger partial charge >= 0.3 is 0 Å². The van der Waals surface area contributed by atoms with Crippen molar-refractivity contribution in [1.29, 1.82) is 5.26 Å². The van der Waals surface area contributed by atoms with Gasteiger partial charge in [0.25, 0.3) is 0 Å². The van der Waals surface area contributed by atoms with E-state index in [1.54, 1.807) is 11.8 Å². The third-order valence-corrected chi connectivity index (χ3v) is 2.63. The van der Waals surface area contributed by atoms with Gasteiger partial charge in [-0.2, -0.15) is 17.0 Å². The second-order valence-electron chi connectivity index (χ2n) is 2.03. The molecule has 58 valence electrons. The van der Waals surface area contributed by atoms with E-state index in [1.807, 2.05) is 6.07 Å². The maximum Gasteiger partial charge on any atom is 0.129 e. The van der Waals surface area contributed by atoms with Crippen LogP contribution in [0.3, 0.4) is 0 Å². The molecule has 0 aromatic rings. The molecule has 1 atom stereocenters. The summed E-state index contributed by atoms with van der Waals surface area (Å²) in [5.41, 5.74) is 0. The van der Waals surface area contributed by atoms with Crippen LogP contribution >= 0.6 is 23.4 Å². The number of alkyl halides is 1. The van der Waals surface area contributed by atoms with Gasteiger partial charge in [-0.3, -0.25) is 0 Å². The highest BCUT2D eigenvalue weighted by atomic mass is 35.5. The number of nitrogens with zero attached hydrogens (tertiary/aromatic N) is 1. The van der Waals surface area contributed by atoms with Gasteiger partial charge < -0.3 is 0 Å². The van der Waals surface area contributed by atoms with Crippen LogP contribution in [0.4, 0.5) is 0 Å². The maximum atomic E-state index is 8.30. The minimum absolute atomic E-state index is 0.304. The first kappa shape index (κ1) is 10.1. The Balaban J connectivity index is 2.98. The fraction of sp³-hybridized carbons (Fsp3) is 0.857. The Labute approximate surface area is 71.7 Å². The topological polar surface area (TPSA) is 23.8 Å². The lowest BCUT2D eigenvalue weighted by atomic mass is 10.4. The third kappa shape index (κ3) is 6.25. The van der Waals surface area contributed by atoms with Gasteiger partial charge in [0.2, 0.25) is 0 Å². The lowest BCUT2D eigenvalue weighted by Gasteiger charge is -1.98. The Morgan fingerprint density at radius 3 is 2.90 bits per heavy atom. The molecule has 0 aliphatic rings. The van der Waals surface area contributed by atoms with Crippen LogP contribution in [0.1, 0.15) is 19.8 Å². The number of unbranched alkanes of at least 4 members (excludes halogenated alkanes) is 1. The number of thioether (sulfide) groups is 1. The minimum Gasteiger partial charge on any atom is -0.197 e. The first-order valence-electron chi connectivity index (χ1n) is 3.42. The number of hydrogen-bond acceptors (Lipinski definition) is 2. The predicted octanol–water partition coefficient (Wildman–Crippen LogP) is 2.65. The summed E-state index contributed by atoms with van der Waals surface area (Å²) in [7, 11) is 0. The van der Waals surface area contributed by atoms with E-state index in [-0.39, 0.29) is 5.38 Å². The van der Waals surface area contributed by atoms with Gasteiger partial charge in [0.05, 0.1) is 6.07 Å². The van der Waals surface area contributed by atoms with Crippen LogP contribution in [0.25, 0.3) is 0 Å². The van der Waals surface area contributed by atoms with E-state index in [2.05, 4.69) is 6.92 Å². The molecule has 0 aromatic carbocycles. The second-order valence-corrected chi connectivity index (χ2v) is 3.70. The molecule has 0 bridgehead atoms. The van der Waals surface area contributed by atoms with Crippen molar-refractivity contribution in [2.75, 3.05) is 11.5 Å².